The van der Waals surface area contributed by atoms with Crippen molar-refractivity contribution in [1.29, 1.82) is 0 Å². The van der Waals surface area contributed by atoms with Crippen molar-refractivity contribution in [3.63, 3.8) is 0 Å². The van der Waals surface area contributed by atoms with Crippen molar-refractivity contribution in [3.05, 3.63) is 0 Å². The molecule has 4 nitrogen and oxygen atoms in total. The minimum Gasteiger partial charge on any atom is -0.481 e. The molecule has 0 heterocycles. The summed E-state index contributed by atoms with van der Waals surface area (Å²) in [6.07, 6.45) is 24.5. The van der Waals surface area contributed by atoms with Crippen LogP contribution in [0.2, 0.25) is 0 Å². The van der Waals surface area contributed by atoms with Crippen LogP contribution in [0.15, 0.2) is 0 Å². The van der Waals surface area contributed by atoms with Crippen LogP contribution >= 0.6 is 0 Å². The predicted molar refractivity (Wildman–Crippen MR) is 126 cm³/mol. The summed E-state index contributed by atoms with van der Waals surface area (Å²) in [5, 5.41) is 15.9. The summed E-state index contributed by atoms with van der Waals surface area (Å²) in [6, 6.07) is 0. The molecule has 2 aliphatic carbocycles. The molecule has 0 aliphatic heterocycles. The van der Waals surface area contributed by atoms with Gasteiger partial charge in [0.1, 0.15) is 6.29 Å². The summed E-state index contributed by atoms with van der Waals surface area (Å²) < 4.78 is 0. The van der Waals surface area contributed by atoms with E-state index in [2.05, 4.69) is 6.92 Å². The Hall–Kier alpha value is -0.900. The Morgan fingerprint density at radius 2 is 1.20 bits per heavy atom. The van der Waals surface area contributed by atoms with Gasteiger partial charge in [0.05, 0.1) is 5.41 Å². The number of aliphatic hydroxyl groups excluding tert-OH is 1. The molecule has 2 aliphatic rings. The van der Waals surface area contributed by atoms with E-state index in [-0.39, 0.29) is 10.8 Å². The lowest BCUT2D eigenvalue weighted by molar-refractivity contribution is -0.148. The van der Waals surface area contributed by atoms with Crippen LogP contribution in [0.1, 0.15) is 136 Å². The van der Waals surface area contributed by atoms with Gasteiger partial charge in [-0.05, 0) is 38.5 Å². The van der Waals surface area contributed by atoms with Crippen LogP contribution in [0.5, 0.6) is 0 Å². The van der Waals surface area contributed by atoms with E-state index in [1.54, 1.807) is 0 Å². The highest BCUT2D eigenvalue weighted by molar-refractivity contribution is 5.74. The van der Waals surface area contributed by atoms with Crippen LogP contribution < -0.4 is 0 Å². The van der Waals surface area contributed by atoms with E-state index in [0.717, 1.165) is 58.5 Å². The van der Waals surface area contributed by atoms with Gasteiger partial charge in [0, 0.05) is 12.5 Å². The maximum Gasteiger partial charge on any atom is 0.309 e. The van der Waals surface area contributed by atoms with Crippen molar-refractivity contribution in [2.45, 2.75) is 136 Å². The Labute approximate surface area is 186 Å². The summed E-state index contributed by atoms with van der Waals surface area (Å²) >= 11 is 0. The van der Waals surface area contributed by atoms with Crippen LogP contribution in [0.4, 0.5) is 0 Å². The molecule has 0 saturated heterocycles. The number of carbonyl (C=O) groups excluding carboxylic acids is 1. The SMILES string of the molecule is CCC1(C(=O)O)CCCC1.CCCCCCCCCCCC1(C=O)CCCC1.CO. The lowest BCUT2D eigenvalue weighted by atomic mass is 9.82. The number of hydrogen-bond acceptors (Lipinski definition) is 3. The van der Waals surface area contributed by atoms with Crippen LogP contribution in [0.25, 0.3) is 0 Å². The molecule has 2 N–H and O–H groups in total. The molecule has 30 heavy (non-hydrogen) atoms. The first-order valence-corrected chi connectivity index (χ1v) is 12.7. The zero-order valence-corrected chi connectivity index (χ0v) is 20.2. The molecule has 4 heteroatoms. The molecular weight excluding hydrogens is 376 g/mol. The van der Waals surface area contributed by atoms with E-state index in [9.17, 15) is 9.59 Å². The highest BCUT2D eigenvalue weighted by Gasteiger charge is 2.39. The Morgan fingerprint density at radius 1 is 0.767 bits per heavy atom. The van der Waals surface area contributed by atoms with E-state index in [4.69, 9.17) is 10.2 Å². The summed E-state index contributed by atoms with van der Waals surface area (Å²) in [5.74, 6) is -0.590. The highest BCUT2D eigenvalue weighted by atomic mass is 16.4. The zero-order chi connectivity index (χ0) is 22.7. The number of aliphatic hydroxyl groups is 1. The van der Waals surface area contributed by atoms with Crippen molar-refractivity contribution >= 4 is 12.3 Å². The second-order valence-electron chi connectivity index (χ2n) is 9.41. The molecule has 2 rings (SSSR count). The number of aliphatic carboxylic acids is 1. The van der Waals surface area contributed by atoms with E-state index in [0.29, 0.717) is 0 Å². The van der Waals surface area contributed by atoms with Gasteiger partial charge in [0.2, 0.25) is 0 Å². The standard InChI is InChI=1S/C17H32O.C8H14O2.CH4O/c1-2-3-4-5-6-7-8-9-10-13-17(16-18)14-11-12-15-17;1-2-8(7(9)10)5-3-4-6-8;1-2/h16H,2-15H2,1H3;2-6H2,1H3,(H,9,10);2H,1H3. The summed E-state index contributed by atoms with van der Waals surface area (Å²) in [5.41, 5.74) is -0.249. The van der Waals surface area contributed by atoms with Gasteiger partial charge in [-0.15, -0.1) is 0 Å². The Morgan fingerprint density at radius 3 is 1.57 bits per heavy atom. The van der Waals surface area contributed by atoms with Gasteiger partial charge < -0.3 is 15.0 Å². The summed E-state index contributed by atoms with van der Waals surface area (Å²) in [4.78, 5) is 22.0. The molecule has 178 valence electrons. The molecule has 0 bridgehead atoms. The van der Waals surface area contributed by atoms with E-state index < -0.39 is 5.97 Å². The van der Waals surface area contributed by atoms with Crippen LogP contribution in [0, 0.1) is 10.8 Å². The van der Waals surface area contributed by atoms with Crippen molar-refractivity contribution in [2.75, 3.05) is 7.11 Å². The molecule has 0 atom stereocenters. The third-order valence-electron chi connectivity index (χ3n) is 7.32. The molecule has 2 saturated carbocycles. The highest BCUT2D eigenvalue weighted by Crippen LogP contribution is 2.41. The lowest BCUT2D eigenvalue weighted by Gasteiger charge is -2.21. The van der Waals surface area contributed by atoms with Crippen molar-refractivity contribution in [1.82, 2.24) is 0 Å². The second kappa shape index (κ2) is 17.7. The first-order valence-electron chi connectivity index (χ1n) is 12.7. The zero-order valence-electron chi connectivity index (χ0n) is 20.2. The summed E-state index contributed by atoms with van der Waals surface area (Å²) in [7, 11) is 1.00. The number of carboxylic acids is 1. The van der Waals surface area contributed by atoms with Gasteiger partial charge in [-0.3, -0.25) is 4.79 Å². The minimum atomic E-state index is -0.590. The number of aldehydes is 1. The first-order chi connectivity index (χ1) is 14.5. The topological polar surface area (TPSA) is 74.6 Å². The van der Waals surface area contributed by atoms with Gasteiger partial charge in [-0.1, -0.05) is 97.3 Å². The van der Waals surface area contributed by atoms with Crippen LogP contribution in [-0.4, -0.2) is 29.6 Å². The van der Waals surface area contributed by atoms with Gasteiger partial charge in [-0.2, -0.15) is 0 Å². The summed E-state index contributed by atoms with van der Waals surface area (Å²) in [6.45, 7) is 4.24. The van der Waals surface area contributed by atoms with Crippen molar-refractivity contribution < 1.29 is 19.8 Å². The molecule has 0 aromatic rings. The second-order valence-corrected chi connectivity index (χ2v) is 9.41. The van der Waals surface area contributed by atoms with Crippen molar-refractivity contribution in [2.24, 2.45) is 10.8 Å². The molecule has 0 radical (unpaired) electrons. The average Bonchev–Trinajstić information content (AvgIpc) is 3.45. The fourth-order valence-corrected chi connectivity index (χ4v) is 5.06. The molecule has 0 amide bonds. The monoisotopic (exact) mass is 426 g/mol. The third-order valence-corrected chi connectivity index (χ3v) is 7.32. The molecular formula is C26H50O4. The maximum atomic E-state index is 11.2. The molecule has 0 aromatic carbocycles. The molecule has 2 fully saturated rings. The smallest absolute Gasteiger partial charge is 0.309 e. The van der Waals surface area contributed by atoms with Crippen LogP contribution in [0.3, 0.4) is 0 Å². The molecule has 0 aromatic heterocycles. The Kier molecular flexibility index (Phi) is 17.2. The number of rotatable bonds is 13. The Bertz CT molecular complexity index is 421. The van der Waals surface area contributed by atoms with Crippen molar-refractivity contribution in [3.8, 4) is 0 Å². The average molecular weight is 427 g/mol. The fourth-order valence-electron chi connectivity index (χ4n) is 5.06. The van der Waals surface area contributed by atoms with Gasteiger partial charge in [-0.25, -0.2) is 0 Å². The predicted octanol–water partition coefficient (Wildman–Crippen LogP) is 7.32. The lowest BCUT2D eigenvalue weighted by Crippen LogP contribution is -2.26. The van der Waals surface area contributed by atoms with E-state index in [1.807, 2.05) is 6.92 Å². The minimum absolute atomic E-state index is 0.0983. The third kappa shape index (κ3) is 10.9. The quantitative estimate of drug-likeness (QED) is 0.239. The maximum absolute atomic E-state index is 11.2. The molecule has 0 spiro atoms. The largest absolute Gasteiger partial charge is 0.481 e. The first kappa shape index (κ1) is 29.1. The van der Waals surface area contributed by atoms with Gasteiger partial charge >= 0.3 is 5.97 Å². The van der Waals surface area contributed by atoms with E-state index >= 15 is 0 Å². The van der Waals surface area contributed by atoms with Gasteiger partial charge in [0.25, 0.3) is 0 Å². The fraction of sp³-hybridized carbons (Fsp3) is 0.923. The van der Waals surface area contributed by atoms with Crippen LogP contribution in [-0.2, 0) is 9.59 Å². The Balaban J connectivity index is 0.000000590. The number of carboxylic acid groups (broad SMARTS) is 1. The van der Waals surface area contributed by atoms with Gasteiger partial charge in [0.15, 0.2) is 0 Å². The number of hydrogen-bond donors (Lipinski definition) is 2. The normalized spacial score (nSPS) is 18.7. The number of unbranched alkanes of at least 4 members (excludes halogenated alkanes) is 8. The number of carbonyl (C=O) groups is 2. The van der Waals surface area contributed by atoms with E-state index in [1.165, 1.54) is 76.9 Å². The molecule has 0 unspecified atom stereocenters.